The third-order valence-electron chi connectivity index (χ3n) is 5.19. The van der Waals surface area contributed by atoms with E-state index in [0.29, 0.717) is 16.5 Å². The van der Waals surface area contributed by atoms with Crippen LogP contribution in [0.4, 0.5) is 5.69 Å². The third kappa shape index (κ3) is 5.00. The molecule has 31 heavy (non-hydrogen) atoms. The molecule has 1 unspecified atom stereocenters. The number of ether oxygens (including phenoxy) is 1. The second-order valence-electron chi connectivity index (χ2n) is 7.54. The van der Waals surface area contributed by atoms with Crippen LogP contribution in [0.2, 0.25) is 5.02 Å². The largest absolute Gasteiger partial charge is 0.497 e. The van der Waals surface area contributed by atoms with Gasteiger partial charge >= 0.3 is 0 Å². The summed E-state index contributed by atoms with van der Waals surface area (Å²) in [7, 11) is -2.15. The highest BCUT2D eigenvalue weighted by molar-refractivity contribution is 7.88. The monoisotopic (exact) mass is 465 g/mol. The fourth-order valence-corrected chi connectivity index (χ4v) is 4.47. The van der Waals surface area contributed by atoms with Gasteiger partial charge < -0.3 is 10.1 Å². The van der Waals surface area contributed by atoms with Crippen molar-refractivity contribution in [3.05, 3.63) is 59.1 Å². The predicted octanol–water partition coefficient (Wildman–Crippen LogP) is 2.03. The Morgan fingerprint density at radius 3 is 2.32 bits per heavy atom. The van der Waals surface area contributed by atoms with Crippen molar-refractivity contribution >= 4 is 39.1 Å². The second-order valence-corrected chi connectivity index (χ2v) is 9.96. The van der Waals surface area contributed by atoms with Crippen LogP contribution in [-0.2, 0) is 26.2 Å². The highest BCUT2D eigenvalue weighted by Crippen LogP contribution is 2.31. The Kier molecular flexibility index (Phi) is 6.59. The minimum Gasteiger partial charge on any atom is -0.497 e. The van der Waals surface area contributed by atoms with Crippen LogP contribution in [0.3, 0.4) is 0 Å². The van der Waals surface area contributed by atoms with Crippen molar-refractivity contribution in [1.82, 2.24) is 9.62 Å². The number of hydrogen-bond donors (Lipinski definition) is 1. The topological polar surface area (TPSA) is 96.0 Å². The number of rotatable bonds is 6. The molecule has 1 aliphatic rings. The molecule has 1 atom stereocenters. The van der Waals surface area contributed by atoms with Gasteiger partial charge in [-0.25, -0.2) is 8.42 Å². The van der Waals surface area contributed by atoms with E-state index in [-0.39, 0.29) is 19.6 Å². The van der Waals surface area contributed by atoms with Gasteiger partial charge in [-0.1, -0.05) is 23.7 Å². The van der Waals surface area contributed by atoms with E-state index in [2.05, 4.69) is 5.32 Å². The molecule has 2 amide bonds. The SMILES string of the molecule is COc1ccc(N2C(=O)CN(S(C)(=O)=O)CC2(C)C(=O)NCc2ccc(Cl)cc2)cc1. The maximum absolute atomic E-state index is 13.3. The van der Waals surface area contributed by atoms with Crippen molar-refractivity contribution in [3.8, 4) is 5.75 Å². The summed E-state index contributed by atoms with van der Waals surface area (Å²) in [5, 5.41) is 3.40. The predicted molar refractivity (Wildman–Crippen MR) is 119 cm³/mol. The number of hydrogen-bond acceptors (Lipinski definition) is 5. The lowest BCUT2D eigenvalue weighted by molar-refractivity contribution is -0.133. The summed E-state index contributed by atoms with van der Waals surface area (Å²) in [4.78, 5) is 27.7. The molecular weight excluding hydrogens is 442 g/mol. The smallest absolute Gasteiger partial charge is 0.247 e. The molecule has 2 aromatic rings. The third-order valence-corrected chi connectivity index (χ3v) is 6.64. The number of carbonyl (C=O) groups is 2. The highest BCUT2D eigenvalue weighted by atomic mass is 35.5. The molecule has 10 heteroatoms. The Labute approximate surface area is 186 Å². The van der Waals surface area contributed by atoms with Gasteiger partial charge in [0, 0.05) is 23.8 Å². The summed E-state index contributed by atoms with van der Waals surface area (Å²) >= 11 is 5.90. The van der Waals surface area contributed by atoms with Crippen LogP contribution in [0, 0.1) is 0 Å². The Hall–Kier alpha value is -2.62. The van der Waals surface area contributed by atoms with Crippen LogP contribution < -0.4 is 15.0 Å². The summed E-state index contributed by atoms with van der Waals surface area (Å²) in [6.07, 6.45) is 1.02. The summed E-state index contributed by atoms with van der Waals surface area (Å²) in [6.45, 7) is 1.25. The van der Waals surface area contributed by atoms with Crippen LogP contribution in [-0.4, -0.2) is 56.5 Å². The molecule has 1 heterocycles. The number of carbonyl (C=O) groups excluding carboxylic acids is 2. The number of amides is 2. The zero-order chi connectivity index (χ0) is 22.8. The fraction of sp³-hybridized carbons (Fsp3) is 0.333. The number of methoxy groups -OCH3 is 1. The molecule has 1 fully saturated rings. The first-order chi connectivity index (χ1) is 14.5. The Morgan fingerprint density at radius 1 is 1.16 bits per heavy atom. The molecule has 0 saturated carbocycles. The minimum atomic E-state index is -3.68. The van der Waals surface area contributed by atoms with Crippen molar-refractivity contribution in [1.29, 1.82) is 0 Å². The highest BCUT2D eigenvalue weighted by Gasteiger charge is 2.50. The average molecular weight is 466 g/mol. The number of nitrogens with zero attached hydrogens (tertiary/aromatic N) is 2. The normalized spacial score (nSPS) is 19.9. The Morgan fingerprint density at radius 2 is 1.77 bits per heavy atom. The molecule has 1 N–H and O–H groups in total. The number of benzene rings is 2. The van der Waals surface area contributed by atoms with Gasteiger partial charge in [0.1, 0.15) is 11.3 Å². The molecule has 0 bridgehead atoms. The van der Waals surface area contributed by atoms with Gasteiger partial charge in [-0.15, -0.1) is 0 Å². The first-order valence-corrected chi connectivity index (χ1v) is 11.7. The van der Waals surface area contributed by atoms with Gasteiger partial charge in [-0.2, -0.15) is 4.31 Å². The molecule has 1 aliphatic heterocycles. The standard InChI is InChI=1S/C21H24ClN3O5S/c1-21(20(27)23-12-15-4-6-16(22)7-5-15)14-24(31(3,28)29)13-19(26)25(21)17-8-10-18(30-2)11-9-17/h4-11H,12-14H2,1-3H3,(H,23,27). The number of anilines is 1. The van der Waals surface area contributed by atoms with Gasteiger partial charge in [-0.05, 0) is 48.9 Å². The summed E-state index contributed by atoms with van der Waals surface area (Å²) in [5.74, 6) is -0.370. The maximum atomic E-state index is 13.3. The minimum absolute atomic E-state index is 0.171. The van der Waals surface area contributed by atoms with E-state index < -0.39 is 27.4 Å². The van der Waals surface area contributed by atoms with Gasteiger partial charge in [0.05, 0.1) is 19.9 Å². The van der Waals surface area contributed by atoms with Gasteiger partial charge in [-0.3, -0.25) is 14.5 Å². The maximum Gasteiger partial charge on any atom is 0.247 e. The van der Waals surface area contributed by atoms with Crippen molar-refractivity contribution in [2.75, 3.05) is 31.4 Å². The van der Waals surface area contributed by atoms with E-state index in [0.717, 1.165) is 16.1 Å². The zero-order valence-electron chi connectivity index (χ0n) is 17.5. The average Bonchev–Trinajstić information content (AvgIpc) is 2.72. The lowest BCUT2D eigenvalue weighted by Gasteiger charge is -2.46. The first-order valence-electron chi connectivity index (χ1n) is 9.49. The van der Waals surface area contributed by atoms with Crippen LogP contribution in [0.15, 0.2) is 48.5 Å². The van der Waals surface area contributed by atoms with E-state index in [1.807, 2.05) is 0 Å². The van der Waals surface area contributed by atoms with Gasteiger partial charge in [0.2, 0.25) is 21.8 Å². The second kappa shape index (κ2) is 8.86. The summed E-state index contributed by atoms with van der Waals surface area (Å²) < 4.78 is 30.5. The van der Waals surface area contributed by atoms with Crippen molar-refractivity contribution in [2.24, 2.45) is 0 Å². The van der Waals surface area contributed by atoms with E-state index in [1.165, 1.54) is 12.0 Å². The Bertz CT molecular complexity index is 1070. The summed E-state index contributed by atoms with van der Waals surface area (Å²) in [5.41, 5.74) is -0.165. The summed E-state index contributed by atoms with van der Waals surface area (Å²) in [6, 6.07) is 13.7. The molecule has 0 aromatic heterocycles. The van der Waals surface area contributed by atoms with Crippen molar-refractivity contribution < 1.29 is 22.7 Å². The van der Waals surface area contributed by atoms with Gasteiger partial charge in [0.25, 0.3) is 0 Å². The van der Waals surface area contributed by atoms with Crippen LogP contribution in [0.5, 0.6) is 5.75 Å². The van der Waals surface area contributed by atoms with Crippen LogP contribution >= 0.6 is 11.6 Å². The molecule has 166 valence electrons. The molecule has 1 saturated heterocycles. The van der Waals surface area contributed by atoms with Crippen LogP contribution in [0.1, 0.15) is 12.5 Å². The molecule has 0 radical (unpaired) electrons. The van der Waals surface area contributed by atoms with E-state index >= 15 is 0 Å². The van der Waals surface area contributed by atoms with Gasteiger partial charge in [0.15, 0.2) is 0 Å². The molecule has 8 nitrogen and oxygen atoms in total. The number of nitrogens with one attached hydrogen (secondary N) is 1. The number of halogens is 1. The van der Waals surface area contributed by atoms with Crippen molar-refractivity contribution in [3.63, 3.8) is 0 Å². The molecule has 0 aliphatic carbocycles. The molecule has 2 aromatic carbocycles. The molecule has 0 spiro atoms. The zero-order valence-corrected chi connectivity index (χ0v) is 19.0. The molecular formula is C21H24ClN3O5S. The lowest BCUT2D eigenvalue weighted by Crippen LogP contribution is -2.70. The fourth-order valence-electron chi connectivity index (χ4n) is 3.51. The van der Waals surface area contributed by atoms with E-state index in [9.17, 15) is 18.0 Å². The number of piperazine rings is 1. The number of sulfonamides is 1. The van der Waals surface area contributed by atoms with E-state index in [4.69, 9.17) is 16.3 Å². The quantitative estimate of drug-likeness (QED) is 0.704. The van der Waals surface area contributed by atoms with E-state index in [1.54, 1.807) is 55.5 Å². The lowest BCUT2D eigenvalue weighted by atomic mass is 9.94. The van der Waals surface area contributed by atoms with Crippen molar-refractivity contribution in [2.45, 2.75) is 19.0 Å². The first kappa shape index (κ1) is 23.1. The molecule has 3 rings (SSSR count). The Balaban J connectivity index is 1.93. The van der Waals surface area contributed by atoms with Crippen LogP contribution in [0.25, 0.3) is 0 Å².